The van der Waals surface area contributed by atoms with Gasteiger partial charge in [0, 0.05) is 43.4 Å². The van der Waals surface area contributed by atoms with Crippen LogP contribution in [-0.4, -0.2) is 41.1 Å². The molecule has 0 unspecified atom stereocenters. The highest BCUT2D eigenvalue weighted by molar-refractivity contribution is 6.31. The minimum absolute atomic E-state index is 0.149. The molecule has 8 nitrogen and oxygen atoms in total. The minimum Gasteiger partial charge on any atom is -0.368 e. The summed E-state index contributed by atoms with van der Waals surface area (Å²) in [5.41, 5.74) is 1.57. The summed E-state index contributed by atoms with van der Waals surface area (Å²) < 4.78 is 13.2. The largest absolute Gasteiger partial charge is 0.368 e. The van der Waals surface area contributed by atoms with Crippen molar-refractivity contribution < 1.29 is 9.31 Å². The highest BCUT2D eigenvalue weighted by Crippen LogP contribution is 2.33. The van der Waals surface area contributed by atoms with Crippen molar-refractivity contribution in [2.45, 2.75) is 6.54 Å². The number of rotatable bonds is 6. The molecule has 1 aliphatic heterocycles. The van der Waals surface area contributed by atoms with Crippen LogP contribution in [0.3, 0.4) is 0 Å². The van der Waals surface area contributed by atoms with Crippen molar-refractivity contribution in [3.63, 3.8) is 0 Å². The molecule has 31 heavy (non-hydrogen) atoms. The predicted octanol–water partition coefficient (Wildman–Crippen LogP) is 4.12. The average Bonchev–Trinajstić information content (AvgIpc) is 2.79. The van der Waals surface area contributed by atoms with Crippen LogP contribution in [0.25, 0.3) is 0 Å². The molecule has 1 aromatic heterocycles. The molecule has 2 heterocycles. The van der Waals surface area contributed by atoms with Crippen molar-refractivity contribution in [3.05, 3.63) is 81.4 Å². The Morgan fingerprint density at radius 3 is 2.39 bits per heavy atom. The van der Waals surface area contributed by atoms with Crippen LogP contribution in [0.4, 0.5) is 27.4 Å². The second kappa shape index (κ2) is 9.13. The number of hydrogen-bond acceptors (Lipinski definition) is 7. The van der Waals surface area contributed by atoms with Gasteiger partial charge < -0.3 is 15.1 Å². The topological polar surface area (TPSA) is 87.4 Å². The lowest BCUT2D eigenvalue weighted by molar-refractivity contribution is -0.383. The number of hydrogen-bond donors (Lipinski definition) is 1. The summed E-state index contributed by atoms with van der Waals surface area (Å²) in [6.07, 6.45) is 1.32. The summed E-state index contributed by atoms with van der Waals surface area (Å²) in [6, 6.07) is 13.6. The fourth-order valence-corrected chi connectivity index (χ4v) is 3.75. The van der Waals surface area contributed by atoms with Gasteiger partial charge in [-0.15, -0.1) is 0 Å². The number of anilines is 3. The van der Waals surface area contributed by atoms with Gasteiger partial charge in [-0.25, -0.2) is 14.4 Å². The van der Waals surface area contributed by atoms with E-state index in [-0.39, 0.29) is 23.1 Å². The second-order valence-electron chi connectivity index (χ2n) is 7.05. The van der Waals surface area contributed by atoms with Gasteiger partial charge in [-0.1, -0.05) is 29.8 Å². The molecule has 0 aliphatic carbocycles. The maximum atomic E-state index is 13.2. The van der Waals surface area contributed by atoms with Crippen LogP contribution in [0, 0.1) is 15.9 Å². The Morgan fingerprint density at radius 2 is 1.71 bits per heavy atom. The van der Waals surface area contributed by atoms with Crippen LogP contribution in [0.1, 0.15) is 5.56 Å². The van der Waals surface area contributed by atoms with Crippen molar-refractivity contribution in [1.29, 1.82) is 0 Å². The third-order valence-corrected chi connectivity index (χ3v) is 5.53. The maximum Gasteiger partial charge on any atom is 0.353 e. The van der Waals surface area contributed by atoms with Crippen molar-refractivity contribution in [2.75, 3.05) is 41.3 Å². The van der Waals surface area contributed by atoms with E-state index < -0.39 is 4.92 Å². The molecule has 1 aliphatic rings. The van der Waals surface area contributed by atoms with Crippen LogP contribution in [0.5, 0.6) is 0 Å². The van der Waals surface area contributed by atoms with Crippen LogP contribution in [-0.2, 0) is 6.54 Å². The Hall–Kier alpha value is -3.46. The minimum atomic E-state index is -0.462. The first-order valence-corrected chi connectivity index (χ1v) is 10.1. The molecular weight excluding hydrogens is 423 g/mol. The van der Waals surface area contributed by atoms with Gasteiger partial charge in [0.1, 0.15) is 12.1 Å². The quantitative estimate of drug-likeness (QED) is 0.454. The number of aromatic nitrogens is 2. The molecule has 0 saturated carbocycles. The number of piperazine rings is 1. The van der Waals surface area contributed by atoms with Crippen LogP contribution < -0.4 is 15.1 Å². The molecule has 0 amide bonds. The normalized spacial score (nSPS) is 13.9. The summed E-state index contributed by atoms with van der Waals surface area (Å²) in [7, 11) is 0. The number of benzene rings is 2. The first kappa shape index (κ1) is 20.8. The van der Waals surface area contributed by atoms with E-state index in [2.05, 4.69) is 20.2 Å². The van der Waals surface area contributed by atoms with Crippen molar-refractivity contribution in [2.24, 2.45) is 0 Å². The Bertz CT molecular complexity index is 1070. The number of nitro groups is 1. The molecule has 0 bridgehead atoms. The highest BCUT2D eigenvalue weighted by Gasteiger charge is 2.29. The lowest BCUT2D eigenvalue weighted by atomic mass is 10.2. The third kappa shape index (κ3) is 4.66. The molecule has 1 fully saturated rings. The Morgan fingerprint density at radius 1 is 1.03 bits per heavy atom. The van der Waals surface area contributed by atoms with Crippen molar-refractivity contribution >= 4 is 34.6 Å². The molecule has 160 valence electrons. The van der Waals surface area contributed by atoms with Crippen molar-refractivity contribution in [1.82, 2.24) is 9.97 Å². The fraction of sp³-hybridized carbons (Fsp3) is 0.238. The van der Waals surface area contributed by atoms with E-state index in [4.69, 9.17) is 11.6 Å². The second-order valence-corrected chi connectivity index (χ2v) is 7.45. The van der Waals surface area contributed by atoms with Gasteiger partial charge in [0.15, 0.2) is 0 Å². The van der Waals surface area contributed by atoms with E-state index in [1.165, 1.54) is 18.5 Å². The summed E-state index contributed by atoms with van der Waals surface area (Å²) in [5.74, 6) is 0.145. The van der Waals surface area contributed by atoms with E-state index in [9.17, 15) is 14.5 Å². The standard InChI is InChI=1S/C21H20ClFN6O2/c22-18-4-2-1-3-15(18)13-24-20-19(29(30)31)21(26-14-25-20)28-11-9-27(10-12-28)17-7-5-16(23)6-8-17/h1-8,14H,9-13H2,(H,24,25,26). The first-order valence-electron chi connectivity index (χ1n) is 9.75. The van der Waals surface area contributed by atoms with E-state index in [0.717, 1.165) is 11.3 Å². The Kier molecular flexibility index (Phi) is 6.13. The van der Waals surface area contributed by atoms with E-state index in [1.807, 2.05) is 23.1 Å². The zero-order valence-corrected chi connectivity index (χ0v) is 17.3. The zero-order valence-electron chi connectivity index (χ0n) is 16.5. The van der Waals surface area contributed by atoms with E-state index >= 15 is 0 Å². The zero-order chi connectivity index (χ0) is 21.8. The monoisotopic (exact) mass is 442 g/mol. The lowest BCUT2D eigenvalue weighted by Gasteiger charge is -2.36. The van der Waals surface area contributed by atoms with Crippen LogP contribution >= 0.6 is 11.6 Å². The summed E-state index contributed by atoms with van der Waals surface area (Å²) >= 11 is 6.18. The molecule has 2 aromatic carbocycles. The fourth-order valence-electron chi connectivity index (χ4n) is 3.55. The van der Waals surface area contributed by atoms with Gasteiger partial charge in [-0.3, -0.25) is 10.1 Å². The Balaban J connectivity index is 1.51. The van der Waals surface area contributed by atoms with E-state index in [0.29, 0.717) is 37.7 Å². The molecule has 3 aromatic rings. The van der Waals surface area contributed by atoms with Gasteiger partial charge in [0.05, 0.1) is 4.92 Å². The molecule has 0 spiro atoms. The molecule has 1 saturated heterocycles. The smallest absolute Gasteiger partial charge is 0.353 e. The summed E-state index contributed by atoms with van der Waals surface area (Å²) in [6.45, 7) is 2.65. The molecular formula is C21H20ClFN6O2. The molecule has 10 heteroatoms. The molecule has 4 rings (SSSR count). The Labute approximate surface area is 183 Å². The first-order chi connectivity index (χ1) is 15.0. The highest BCUT2D eigenvalue weighted by atomic mass is 35.5. The number of nitrogens with zero attached hydrogens (tertiary/aromatic N) is 5. The van der Waals surface area contributed by atoms with Gasteiger partial charge in [-0.2, -0.15) is 0 Å². The molecule has 0 atom stereocenters. The SMILES string of the molecule is O=[N+]([O-])c1c(NCc2ccccc2Cl)ncnc1N1CCN(c2ccc(F)cc2)CC1. The number of halogens is 2. The maximum absolute atomic E-state index is 13.2. The van der Waals surface area contributed by atoms with Gasteiger partial charge in [0.2, 0.25) is 11.6 Å². The van der Waals surface area contributed by atoms with Gasteiger partial charge in [-0.05, 0) is 35.9 Å². The molecule has 0 radical (unpaired) electrons. The van der Waals surface area contributed by atoms with Crippen LogP contribution in [0.15, 0.2) is 54.9 Å². The van der Waals surface area contributed by atoms with Gasteiger partial charge >= 0.3 is 5.69 Å². The summed E-state index contributed by atoms with van der Waals surface area (Å²) in [5, 5.41) is 15.5. The van der Waals surface area contributed by atoms with E-state index in [1.54, 1.807) is 18.2 Å². The third-order valence-electron chi connectivity index (χ3n) is 5.16. The van der Waals surface area contributed by atoms with Crippen molar-refractivity contribution in [3.8, 4) is 0 Å². The summed E-state index contributed by atoms with van der Waals surface area (Å²) in [4.78, 5) is 23.7. The predicted molar refractivity (Wildman–Crippen MR) is 118 cm³/mol. The average molecular weight is 443 g/mol. The lowest BCUT2D eigenvalue weighted by Crippen LogP contribution is -2.47. The van der Waals surface area contributed by atoms with Gasteiger partial charge in [0.25, 0.3) is 0 Å². The molecule has 1 N–H and O–H groups in total. The number of nitrogens with one attached hydrogen (secondary N) is 1. The van der Waals surface area contributed by atoms with Crippen LogP contribution in [0.2, 0.25) is 5.02 Å².